The minimum Gasteiger partial charge on any atom is -0.431 e. The lowest BCUT2D eigenvalue weighted by Crippen LogP contribution is -2.35. The monoisotopic (exact) mass is 492 g/mol. The molecule has 5 rings (SSSR count). The third kappa shape index (κ3) is 5.48. The van der Waals surface area contributed by atoms with E-state index in [1.165, 1.54) is 6.20 Å². The molecule has 0 radical (unpaired) electrons. The molecule has 2 aromatic heterocycles. The second-order valence-corrected chi connectivity index (χ2v) is 9.87. The highest BCUT2D eigenvalue weighted by molar-refractivity contribution is 5.92. The van der Waals surface area contributed by atoms with Gasteiger partial charge in [0.05, 0.1) is 6.20 Å². The highest BCUT2D eigenvalue weighted by Crippen LogP contribution is 2.33. The third-order valence-electron chi connectivity index (χ3n) is 6.88. The van der Waals surface area contributed by atoms with Crippen molar-refractivity contribution in [2.45, 2.75) is 64.6 Å². The number of oxazole rings is 1. The van der Waals surface area contributed by atoms with E-state index in [0.29, 0.717) is 47.6 Å². The third-order valence-corrected chi connectivity index (χ3v) is 6.88. The number of hydrogen-bond donors (Lipinski definition) is 3. The van der Waals surface area contributed by atoms with Crippen molar-refractivity contribution < 1.29 is 19.1 Å². The Hall–Kier alpha value is -3.53. The molecule has 10 nitrogen and oxygen atoms in total. The van der Waals surface area contributed by atoms with E-state index < -0.39 is 0 Å². The molecule has 2 saturated carbocycles. The zero-order valence-electron chi connectivity index (χ0n) is 20.6. The molecule has 3 N–H and O–H groups in total. The van der Waals surface area contributed by atoms with Crippen LogP contribution in [0.15, 0.2) is 34.9 Å². The number of aryl methyl sites for hydroxylation is 1. The van der Waals surface area contributed by atoms with Crippen LogP contribution in [0, 0.1) is 11.8 Å². The molecule has 0 aliphatic heterocycles. The van der Waals surface area contributed by atoms with Gasteiger partial charge in [-0.25, -0.2) is 14.6 Å². The van der Waals surface area contributed by atoms with Gasteiger partial charge in [0, 0.05) is 36.4 Å². The molecule has 36 heavy (non-hydrogen) atoms. The van der Waals surface area contributed by atoms with Crippen LogP contribution in [-0.4, -0.2) is 55.4 Å². The lowest BCUT2D eigenvalue weighted by molar-refractivity contribution is 0.0904. The maximum Gasteiger partial charge on any atom is 0.289 e. The number of rotatable bonds is 11. The zero-order valence-corrected chi connectivity index (χ0v) is 20.6. The van der Waals surface area contributed by atoms with E-state index in [1.54, 1.807) is 4.68 Å². The van der Waals surface area contributed by atoms with Gasteiger partial charge in [-0.05, 0) is 69.9 Å². The largest absolute Gasteiger partial charge is 0.431 e. The van der Waals surface area contributed by atoms with Crippen molar-refractivity contribution in [2.75, 3.05) is 6.61 Å². The maximum absolute atomic E-state index is 12.9. The topological polar surface area (TPSA) is 135 Å². The summed E-state index contributed by atoms with van der Waals surface area (Å²) < 4.78 is 7.30. The van der Waals surface area contributed by atoms with Crippen molar-refractivity contribution in [2.24, 2.45) is 11.8 Å². The summed E-state index contributed by atoms with van der Waals surface area (Å²) in [6, 6.07) is 7.51. The minimum atomic E-state index is -0.273. The fourth-order valence-corrected chi connectivity index (χ4v) is 4.29. The molecule has 0 spiro atoms. The normalized spacial score (nSPS) is 17.0. The number of nitrogens with one attached hydrogen (secondary N) is 2. The molecule has 0 saturated heterocycles. The van der Waals surface area contributed by atoms with Crippen molar-refractivity contribution >= 4 is 11.8 Å². The van der Waals surface area contributed by atoms with E-state index in [9.17, 15) is 14.7 Å². The number of aliphatic hydroxyl groups excluding tert-OH is 1. The molecular weight excluding hydrogens is 460 g/mol. The van der Waals surface area contributed by atoms with Gasteiger partial charge >= 0.3 is 0 Å². The summed E-state index contributed by atoms with van der Waals surface area (Å²) >= 11 is 0. The van der Waals surface area contributed by atoms with E-state index in [4.69, 9.17) is 4.42 Å². The van der Waals surface area contributed by atoms with Crippen LogP contribution in [-0.2, 0) is 6.54 Å². The van der Waals surface area contributed by atoms with Crippen LogP contribution < -0.4 is 10.6 Å². The molecule has 2 fully saturated rings. The van der Waals surface area contributed by atoms with Crippen LogP contribution in [0.1, 0.15) is 67.1 Å². The Kier molecular flexibility index (Phi) is 6.86. The SMILES string of the molecule is C[C@H](NC(=O)c1cnc(-c2cccc(-c3nc(C(=O)N[C@@H](C)C4CC4)n(CCCO)n3)c2)o1)C1CC1. The standard InChI is InChI=1S/C26H32N6O4/c1-15(17-7-8-17)28-24(34)21-14-27-26(36-21)20-6-3-5-19(13-20)22-30-23(32(31-22)11-4-12-33)25(35)29-16(2)18-9-10-18/h3,5-6,13-18,33H,4,7-12H2,1-2H3,(H,28,34)(H,29,35)/t15-,16-/m0/s1. The predicted molar refractivity (Wildman–Crippen MR) is 132 cm³/mol. The average molecular weight is 493 g/mol. The predicted octanol–water partition coefficient (Wildman–Crippen LogP) is 3.04. The number of carbonyl (C=O) groups is 2. The first-order chi connectivity index (χ1) is 17.4. The van der Waals surface area contributed by atoms with Crippen LogP contribution in [0.25, 0.3) is 22.8 Å². The fourth-order valence-electron chi connectivity index (χ4n) is 4.29. The summed E-state index contributed by atoms with van der Waals surface area (Å²) in [6.45, 7) is 4.38. The van der Waals surface area contributed by atoms with Crippen molar-refractivity contribution in [1.29, 1.82) is 0 Å². The Morgan fingerprint density at radius 1 is 1.08 bits per heavy atom. The molecule has 2 aliphatic carbocycles. The van der Waals surface area contributed by atoms with Crippen LogP contribution in [0.5, 0.6) is 0 Å². The van der Waals surface area contributed by atoms with Crippen LogP contribution >= 0.6 is 0 Å². The lowest BCUT2D eigenvalue weighted by atomic mass is 10.1. The maximum atomic E-state index is 12.9. The summed E-state index contributed by atoms with van der Waals surface area (Å²) in [6.07, 6.45) is 6.43. The number of aliphatic hydroxyl groups is 1. The second-order valence-electron chi connectivity index (χ2n) is 9.87. The fraction of sp³-hybridized carbons (Fsp3) is 0.500. The molecule has 0 unspecified atom stereocenters. The first kappa shape index (κ1) is 24.2. The van der Waals surface area contributed by atoms with Gasteiger partial charge in [0.25, 0.3) is 11.8 Å². The van der Waals surface area contributed by atoms with E-state index in [-0.39, 0.29) is 42.1 Å². The molecule has 1 aromatic carbocycles. The van der Waals surface area contributed by atoms with Crippen molar-refractivity contribution in [3.63, 3.8) is 0 Å². The minimum absolute atomic E-state index is 0.0102. The van der Waals surface area contributed by atoms with Gasteiger partial charge < -0.3 is 20.2 Å². The van der Waals surface area contributed by atoms with E-state index in [0.717, 1.165) is 25.7 Å². The van der Waals surface area contributed by atoms with Gasteiger partial charge in [-0.3, -0.25) is 9.59 Å². The molecule has 2 atom stereocenters. The summed E-state index contributed by atoms with van der Waals surface area (Å²) in [5.41, 5.74) is 1.35. The molecule has 2 heterocycles. The Morgan fingerprint density at radius 2 is 1.75 bits per heavy atom. The molecule has 10 heteroatoms. The van der Waals surface area contributed by atoms with Crippen LogP contribution in [0.2, 0.25) is 0 Å². The van der Waals surface area contributed by atoms with Gasteiger partial charge in [0.15, 0.2) is 5.82 Å². The molecule has 3 aromatic rings. The van der Waals surface area contributed by atoms with Crippen molar-refractivity contribution in [3.8, 4) is 22.8 Å². The Labute approximate surface area is 209 Å². The number of amides is 2. The van der Waals surface area contributed by atoms with Crippen molar-refractivity contribution in [3.05, 3.63) is 42.0 Å². The Balaban J connectivity index is 1.35. The first-order valence-corrected chi connectivity index (χ1v) is 12.7. The molecule has 2 amide bonds. The Morgan fingerprint density at radius 3 is 2.42 bits per heavy atom. The van der Waals surface area contributed by atoms with Crippen LogP contribution in [0.4, 0.5) is 0 Å². The zero-order chi connectivity index (χ0) is 25.2. The number of aromatic nitrogens is 4. The highest BCUT2D eigenvalue weighted by atomic mass is 16.4. The second kappa shape index (κ2) is 10.2. The summed E-state index contributed by atoms with van der Waals surface area (Å²) in [4.78, 5) is 34.3. The Bertz CT molecular complexity index is 1240. The van der Waals surface area contributed by atoms with E-state index in [2.05, 4.69) is 25.7 Å². The molecule has 2 aliphatic rings. The quantitative estimate of drug-likeness (QED) is 0.374. The van der Waals surface area contributed by atoms with E-state index in [1.807, 2.05) is 38.1 Å². The van der Waals surface area contributed by atoms with E-state index >= 15 is 0 Å². The molecular formula is C26H32N6O4. The smallest absolute Gasteiger partial charge is 0.289 e. The molecule has 190 valence electrons. The molecule has 0 bridgehead atoms. The first-order valence-electron chi connectivity index (χ1n) is 12.7. The highest BCUT2D eigenvalue weighted by Gasteiger charge is 2.31. The van der Waals surface area contributed by atoms with Gasteiger partial charge in [-0.15, -0.1) is 0 Å². The summed E-state index contributed by atoms with van der Waals surface area (Å²) in [5.74, 6) is 1.61. The number of hydrogen-bond acceptors (Lipinski definition) is 7. The number of carbonyl (C=O) groups excluding carboxylic acids is 2. The average Bonchev–Trinajstić information content (AvgIpc) is 3.81. The van der Waals surface area contributed by atoms with Gasteiger partial charge in [0.2, 0.25) is 17.5 Å². The lowest BCUT2D eigenvalue weighted by Gasteiger charge is -2.12. The van der Waals surface area contributed by atoms with Crippen molar-refractivity contribution in [1.82, 2.24) is 30.4 Å². The number of benzene rings is 1. The van der Waals surface area contributed by atoms with Gasteiger partial charge in [-0.1, -0.05) is 12.1 Å². The number of nitrogens with zero attached hydrogens (tertiary/aromatic N) is 4. The summed E-state index contributed by atoms with van der Waals surface area (Å²) in [7, 11) is 0. The van der Waals surface area contributed by atoms with Gasteiger partial charge in [0.1, 0.15) is 0 Å². The summed E-state index contributed by atoms with van der Waals surface area (Å²) in [5, 5.41) is 19.8. The van der Waals surface area contributed by atoms with Crippen LogP contribution in [0.3, 0.4) is 0 Å². The van der Waals surface area contributed by atoms with Gasteiger partial charge in [-0.2, -0.15) is 5.10 Å².